The van der Waals surface area contributed by atoms with Gasteiger partial charge in [-0.15, -0.1) is 0 Å². The molecule has 0 aromatic carbocycles. The summed E-state index contributed by atoms with van der Waals surface area (Å²) in [6, 6.07) is 1.76. The average Bonchev–Trinajstić information content (AvgIpc) is 3.43. The van der Waals surface area contributed by atoms with Crippen molar-refractivity contribution in [3.05, 3.63) is 59.9 Å². The molecule has 4 rings (SSSR count). The molecular weight excluding hydrogens is 469 g/mol. The van der Waals surface area contributed by atoms with Gasteiger partial charge in [-0.25, -0.2) is 4.98 Å². The maximum absolute atomic E-state index is 13.3. The van der Waals surface area contributed by atoms with Crippen LogP contribution in [0.15, 0.2) is 43.1 Å². The van der Waals surface area contributed by atoms with Gasteiger partial charge < -0.3 is 20.7 Å². The van der Waals surface area contributed by atoms with Gasteiger partial charge in [-0.1, -0.05) is 0 Å². The van der Waals surface area contributed by atoms with Crippen molar-refractivity contribution < 1.29 is 27.9 Å². The van der Waals surface area contributed by atoms with Gasteiger partial charge in [0.25, 0.3) is 0 Å². The summed E-state index contributed by atoms with van der Waals surface area (Å²) >= 11 is 0. The lowest BCUT2D eigenvalue weighted by atomic mass is 10.1. The Morgan fingerprint density at radius 2 is 2.03 bits per heavy atom. The number of halogens is 3. The molecule has 4 aromatic heterocycles. The number of alkyl halides is 3. The predicted octanol–water partition coefficient (Wildman–Crippen LogP) is 2.05. The van der Waals surface area contributed by atoms with E-state index in [2.05, 4.69) is 25.4 Å². The number of amides is 1. The molecule has 4 N–H and O–H groups in total. The summed E-state index contributed by atoms with van der Waals surface area (Å²) in [6.45, 7) is 1.06. The fourth-order valence-corrected chi connectivity index (χ4v) is 3.38. The van der Waals surface area contributed by atoms with Crippen LogP contribution in [-0.2, 0) is 17.5 Å². The van der Waals surface area contributed by atoms with E-state index in [-0.39, 0.29) is 29.4 Å². The first-order valence-electron chi connectivity index (χ1n) is 10.2. The zero-order valence-electron chi connectivity index (χ0n) is 18.2. The standard InChI is InChI=1S/C21H19F3N8O3/c1-11(10-33)32-8-15(14-7-27-20(25)29-19(14)32)18(35)12-4-13(6-26-5-12)28-17(34)9-31-3-2-16(30-31)21(22,23)24/h2-8,11,33H,9-10H2,1H3,(H,28,34)(H2,25,27,29). The minimum Gasteiger partial charge on any atom is -0.394 e. The van der Waals surface area contributed by atoms with Gasteiger partial charge in [-0.3, -0.25) is 19.3 Å². The van der Waals surface area contributed by atoms with Crippen LogP contribution >= 0.6 is 0 Å². The summed E-state index contributed by atoms with van der Waals surface area (Å²) in [6.07, 6.45) is 1.96. The highest BCUT2D eigenvalue weighted by molar-refractivity contribution is 6.16. The van der Waals surface area contributed by atoms with Gasteiger partial charge in [0.05, 0.1) is 30.1 Å². The first-order chi connectivity index (χ1) is 16.6. The third-order valence-electron chi connectivity index (χ3n) is 5.09. The number of hydrogen-bond acceptors (Lipinski definition) is 8. The first-order valence-corrected chi connectivity index (χ1v) is 10.2. The molecule has 0 aliphatic carbocycles. The Hall–Kier alpha value is -4.33. The van der Waals surface area contributed by atoms with Crippen LogP contribution in [0.5, 0.6) is 0 Å². The molecule has 0 bridgehead atoms. The minimum atomic E-state index is -4.62. The van der Waals surface area contributed by atoms with E-state index in [1.807, 2.05) is 0 Å². The van der Waals surface area contributed by atoms with E-state index in [4.69, 9.17) is 5.73 Å². The molecule has 1 amide bonds. The second kappa shape index (κ2) is 9.13. The van der Waals surface area contributed by atoms with Crippen LogP contribution in [0.3, 0.4) is 0 Å². The van der Waals surface area contributed by atoms with Crippen LogP contribution in [0.2, 0.25) is 0 Å². The number of pyridine rings is 1. The fourth-order valence-electron chi connectivity index (χ4n) is 3.38. The van der Waals surface area contributed by atoms with E-state index in [1.54, 1.807) is 11.5 Å². The summed E-state index contributed by atoms with van der Waals surface area (Å²) < 4.78 is 40.5. The molecule has 0 fully saturated rings. The summed E-state index contributed by atoms with van der Waals surface area (Å²) in [4.78, 5) is 37.6. The van der Waals surface area contributed by atoms with Crippen molar-refractivity contribution in [1.82, 2.24) is 29.3 Å². The molecule has 1 atom stereocenters. The van der Waals surface area contributed by atoms with Crippen molar-refractivity contribution in [2.24, 2.45) is 0 Å². The van der Waals surface area contributed by atoms with Crippen LogP contribution in [0.4, 0.5) is 24.8 Å². The van der Waals surface area contributed by atoms with Crippen molar-refractivity contribution >= 4 is 34.4 Å². The molecule has 0 aliphatic heterocycles. The monoisotopic (exact) mass is 488 g/mol. The number of nitrogens with zero attached hydrogens (tertiary/aromatic N) is 6. The number of carbonyl (C=O) groups is 2. The molecule has 0 spiro atoms. The number of hydrogen-bond donors (Lipinski definition) is 3. The molecule has 35 heavy (non-hydrogen) atoms. The average molecular weight is 488 g/mol. The van der Waals surface area contributed by atoms with E-state index in [9.17, 15) is 27.9 Å². The van der Waals surface area contributed by atoms with E-state index in [1.165, 1.54) is 30.9 Å². The van der Waals surface area contributed by atoms with Gasteiger partial charge in [-0.2, -0.15) is 23.3 Å². The van der Waals surface area contributed by atoms with Crippen LogP contribution in [0, 0.1) is 0 Å². The highest BCUT2D eigenvalue weighted by Gasteiger charge is 2.33. The number of fused-ring (bicyclic) bond motifs is 1. The van der Waals surface area contributed by atoms with E-state index in [0.717, 1.165) is 16.9 Å². The number of ketones is 1. The smallest absolute Gasteiger partial charge is 0.394 e. The molecule has 14 heteroatoms. The Bertz CT molecular complexity index is 1410. The van der Waals surface area contributed by atoms with Gasteiger partial charge >= 0.3 is 6.18 Å². The quantitative estimate of drug-likeness (QED) is 0.334. The molecule has 4 heterocycles. The number of aliphatic hydroxyl groups is 1. The van der Waals surface area contributed by atoms with Gasteiger partial charge in [-0.05, 0) is 19.1 Å². The molecule has 4 aromatic rings. The molecule has 0 saturated heterocycles. The van der Waals surface area contributed by atoms with Gasteiger partial charge in [0.2, 0.25) is 11.9 Å². The Balaban J connectivity index is 1.56. The number of carbonyl (C=O) groups excluding carboxylic acids is 2. The number of aromatic nitrogens is 6. The van der Waals surface area contributed by atoms with Crippen LogP contribution < -0.4 is 11.1 Å². The van der Waals surface area contributed by atoms with Crippen molar-refractivity contribution in [2.75, 3.05) is 17.7 Å². The maximum Gasteiger partial charge on any atom is 0.435 e. The lowest BCUT2D eigenvalue weighted by Crippen LogP contribution is -2.20. The highest BCUT2D eigenvalue weighted by atomic mass is 19.4. The van der Waals surface area contributed by atoms with Crippen molar-refractivity contribution in [1.29, 1.82) is 0 Å². The van der Waals surface area contributed by atoms with Gasteiger partial charge in [0.15, 0.2) is 11.5 Å². The lowest BCUT2D eigenvalue weighted by Gasteiger charge is -2.10. The summed E-state index contributed by atoms with van der Waals surface area (Å²) in [5, 5.41) is 15.8. The second-order valence-corrected chi connectivity index (χ2v) is 7.68. The maximum atomic E-state index is 13.3. The SMILES string of the molecule is CC(CO)n1cc(C(=O)c2cncc(NC(=O)Cn3ccc(C(F)(F)F)n3)c2)c2cnc(N)nc21. The third kappa shape index (κ3) is 4.96. The number of rotatable bonds is 7. The molecular formula is C21H19F3N8O3. The zero-order chi connectivity index (χ0) is 25.3. The topological polar surface area (TPSA) is 154 Å². The summed E-state index contributed by atoms with van der Waals surface area (Å²) in [5.41, 5.74) is 5.48. The highest BCUT2D eigenvalue weighted by Crippen LogP contribution is 2.28. The summed E-state index contributed by atoms with van der Waals surface area (Å²) in [7, 11) is 0. The number of nitrogens with two attached hydrogens (primary N) is 1. The van der Waals surface area contributed by atoms with E-state index < -0.39 is 36.1 Å². The van der Waals surface area contributed by atoms with Crippen molar-refractivity contribution in [2.45, 2.75) is 25.7 Å². The zero-order valence-corrected chi connectivity index (χ0v) is 18.2. The Kier molecular flexibility index (Phi) is 6.22. The number of anilines is 2. The molecule has 11 nitrogen and oxygen atoms in total. The molecule has 0 aliphatic rings. The minimum absolute atomic E-state index is 0.00639. The second-order valence-electron chi connectivity index (χ2n) is 7.68. The molecule has 1 unspecified atom stereocenters. The van der Waals surface area contributed by atoms with Crippen LogP contribution in [0.25, 0.3) is 11.0 Å². The largest absolute Gasteiger partial charge is 0.435 e. The number of nitrogens with one attached hydrogen (secondary N) is 1. The Labute approximate surface area is 195 Å². The van der Waals surface area contributed by atoms with Gasteiger partial charge in [0.1, 0.15) is 12.2 Å². The molecule has 0 saturated carbocycles. The predicted molar refractivity (Wildman–Crippen MR) is 117 cm³/mol. The Morgan fingerprint density at radius 3 is 2.71 bits per heavy atom. The molecule has 182 valence electrons. The van der Waals surface area contributed by atoms with E-state index in [0.29, 0.717) is 11.0 Å². The lowest BCUT2D eigenvalue weighted by molar-refractivity contribution is -0.141. The van der Waals surface area contributed by atoms with Crippen LogP contribution in [0.1, 0.15) is 34.6 Å². The fraction of sp³-hybridized carbons (Fsp3) is 0.238. The molecule has 0 radical (unpaired) electrons. The van der Waals surface area contributed by atoms with Gasteiger partial charge in [0, 0.05) is 35.7 Å². The first kappa shape index (κ1) is 23.8. The number of nitrogen functional groups attached to an aromatic ring is 1. The normalized spacial score (nSPS) is 12.6. The summed E-state index contributed by atoms with van der Waals surface area (Å²) in [5.74, 6) is -1.10. The number of aliphatic hydroxyl groups excluding tert-OH is 1. The third-order valence-corrected chi connectivity index (χ3v) is 5.09. The van der Waals surface area contributed by atoms with Crippen molar-refractivity contribution in [3.8, 4) is 0 Å². The van der Waals surface area contributed by atoms with E-state index >= 15 is 0 Å². The van der Waals surface area contributed by atoms with Crippen LogP contribution in [-0.4, -0.2) is 52.7 Å². The van der Waals surface area contributed by atoms with Crippen molar-refractivity contribution in [3.63, 3.8) is 0 Å². The Morgan fingerprint density at radius 1 is 1.26 bits per heavy atom.